The van der Waals surface area contributed by atoms with Crippen molar-refractivity contribution in [1.82, 2.24) is 0 Å². The Morgan fingerprint density at radius 2 is 2.07 bits per heavy atom. The van der Waals surface area contributed by atoms with Crippen LogP contribution in [0.4, 0.5) is 4.39 Å². The summed E-state index contributed by atoms with van der Waals surface area (Å²) in [7, 11) is 0. The van der Waals surface area contributed by atoms with E-state index in [2.05, 4.69) is 0 Å². The third kappa shape index (κ3) is 3.18. The Morgan fingerprint density at radius 1 is 1.47 bits per heavy atom. The lowest BCUT2D eigenvalue weighted by molar-refractivity contribution is 0.435. The summed E-state index contributed by atoms with van der Waals surface area (Å²) < 4.78 is 13.1. The number of nitrogens with two attached hydrogens (primary N) is 1. The van der Waals surface area contributed by atoms with E-state index in [4.69, 9.17) is 17.3 Å². The van der Waals surface area contributed by atoms with Gasteiger partial charge in [0.2, 0.25) is 0 Å². The molecular formula is C12H17ClFN. The van der Waals surface area contributed by atoms with Crippen LogP contribution >= 0.6 is 11.6 Å². The molecule has 84 valence electrons. The summed E-state index contributed by atoms with van der Waals surface area (Å²) in [5.74, 6) is -0.257. The maximum atomic E-state index is 13.1. The van der Waals surface area contributed by atoms with E-state index in [0.717, 1.165) is 12.0 Å². The first-order valence-electron chi connectivity index (χ1n) is 5.04. The average Bonchev–Trinajstić information content (AvgIpc) is 2.06. The Kier molecular flexibility index (Phi) is 3.74. The van der Waals surface area contributed by atoms with Gasteiger partial charge >= 0.3 is 0 Å². The summed E-state index contributed by atoms with van der Waals surface area (Å²) in [6.45, 7) is 5.99. The Bertz CT molecular complexity index is 347. The first-order valence-corrected chi connectivity index (χ1v) is 5.42. The molecule has 0 fully saturated rings. The standard InChI is InChI=1S/C12H17ClFN/c1-8(15)7-12(2,3)10-6-9(14)4-5-11(10)13/h4-6,8H,7,15H2,1-3H3. The van der Waals surface area contributed by atoms with Gasteiger partial charge in [-0.1, -0.05) is 25.4 Å². The predicted octanol–water partition coefficient (Wildman–Crippen LogP) is 3.49. The molecule has 0 radical (unpaired) electrons. The topological polar surface area (TPSA) is 26.0 Å². The van der Waals surface area contributed by atoms with Crippen molar-refractivity contribution in [3.63, 3.8) is 0 Å². The summed E-state index contributed by atoms with van der Waals surface area (Å²) in [5, 5.41) is 0.599. The zero-order valence-electron chi connectivity index (χ0n) is 9.35. The van der Waals surface area contributed by atoms with Gasteiger partial charge in [-0.25, -0.2) is 4.39 Å². The van der Waals surface area contributed by atoms with Crippen molar-refractivity contribution in [1.29, 1.82) is 0 Å². The van der Waals surface area contributed by atoms with Crippen LogP contribution in [0.25, 0.3) is 0 Å². The van der Waals surface area contributed by atoms with Crippen LogP contribution in [-0.4, -0.2) is 6.04 Å². The van der Waals surface area contributed by atoms with E-state index in [9.17, 15) is 4.39 Å². The zero-order valence-corrected chi connectivity index (χ0v) is 10.1. The summed E-state index contributed by atoms with van der Waals surface area (Å²) in [6.07, 6.45) is 0.774. The van der Waals surface area contributed by atoms with Crippen LogP contribution in [0.3, 0.4) is 0 Å². The van der Waals surface area contributed by atoms with Crippen LogP contribution < -0.4 is 5.73 Å². The molecule has 3 heteroatoms. The monoisotopic (exact) mass is 229 g/mol. The molecule has 2 N–H and O–H groups in total. The Morgan fingerprint density at radius 3 is 2.60 bits per heavy atom. The quantitative estimate of drug-likeness (QED) is 0.844. The minimum atomic E-state index is -0.257. The number of hydrogen-bond donors (Lipinski definition) is 1. The van der Waals surface area contributed by atoms with E-state index in [-0.39, 0.29) is 17.3 Å². The molecule has 0 amide bonds. The molecule has 0 bridgehead atoms. The number of hydrogen-bond acceptors (Lipinski definition) is 1. The van der Waals surface area contributed by atoms with Crippen molar-refractivity contribution in [2.24, 2.45) is 5.73 Å². The molecule has 1 aromatic carbocycles. The van der Waals surface area contributed by atoms with Crippen molar-refractivity contribution in [2.45, 2.75) is 38.6 Å². The minimum Gasteiger partial charge on any atom is -0.328 e. The highest BCUT2D eigenvalue weighted by molar-refractivity contribution is 6.31. The maximum Gasteiger partial charge on any atom is 0.123 e. The van der Waals surface area contributed by atoms with E-state index in [0.29, 0.717) is 5.02 Å². The highest BCUT2D eigenvalue weighted by atomic mass is 35.5. The van der Waals surface area contributed by atoms with Crippen LogP contribution in [0.5, 0.6) is 0 Å². The summed E-state index contributed by atoms with van der Waals surface area (Å²) in [4.78, 5) is 0. The second kappa shape index (κ2) is 4.50. The molecule has 0 aliphatic rings. The van der Waals surface area contributed by atoms with Crippen LogP contribution in [-0.2, 0) is 5.41 Å². The molecule has 0 spiro atoms. The average molecular weight is 230 g/mol. The van der Waals surface area contributed by atoms with Crippen LogP contribution in [0.15, 0.2) is 18.2 Å². The normalized spacial score (nSPS) is 14.0. The number of halogens is 2. The van der Waals surface area contributed by atoms with E-state index in [1.807, 2.05) is 20.8 Å². The van der Waals surface area contributed by atoms with Gasteiger partial charge in [0.15, 0.2) is 0 Å². The fourth-order valence-corrected chi connectivity index (χ4v) is 2.30. The Labute approximate surface area is 95.4 Å². The van der Waals surface area contributed by atoms with Gasteiger partial charge in [-0.3, -0.25) is 0 Å². The molecule has 0 aliphatic heterocycles. The van der Waals surface area contributed by atoms with Gasteiger partial charge in [-0.15, -0.1) is 0 Å². The van der Waals surface area contributed by atoms with Gasteiger partial charge in [0.25, 0.3) is 0 Å². The largest absolute Gasteiger partial charge is 0.328 e. The first-order chi connectivity index (χ1) is 6.83. The second-order valence-corrected chi connectivity index (χ2v) is 5.10. The van der Waals surface area contributed by atoms with E-state index < -0.39 is 0 Å². The molecule has 0 aliphatic carbocycles. The predicted molar refractivity (Wildman–Crippen MR) is 62.7 cm³/mol. The molecule has 1 unspecified atom stereocenters. The van der Waals surface area contributed by atoms with E-state index in [1.54, 1.807) is 6.07 Å². The molecular weight excluding hydrogens is 213 g/mol. The fourth-order valence-electron chi connectivity index (χ4n) is 1.93. The number of rotatable bonds is 3. The molecule has 15 heavy (non-hydrogen) atoms. The third-order valence-corrected chi connectivity index (χ3v) is 2.82. The van der Waals surface area contributed by atoms with Gasteiger partial charge in [0.05, 0.1) is 0 Å². The first kappa shape index (κ1) is 12.5. The van der Waals surface area contributed by atoms with Crippen molar-refractivity contribution in [2.75, 3.05) is 0 Å². The van der Waals surface area contributed by atoms with Crippen molar-refractivity contribution in [3.05, 3.63) is 34.6 Å². The molecule has 1 rings (SSSR count). The lowest BCUT2D eigenvalue weighted by atomic mass is 9.79. The van der Waals surface area contributed by atoms with Crippen LogP contribution in [0, 0.1) is 5.82 Å². The van der Waals surface area contributed by atoms with Gasteiger partial charge in [0, 0.05) is 11.1 Å². The molecule has 0 saturated heterocycles. The Balaban J connectivity index is 3.08. The van der Waals surface area contributed by atoms with E-state index >= 15 is 0 Å². The van der Waals surface area contributed by atoms with Crippen molar-refractivity contribution >= 4 is 11.6 Å². The van der Waals surface area contributed by atoms with Crippen molar-refractivity contribution < 1.29 is 4.39 Å². The highest BCUT2D eigenvalue weighted by Gasteiger charge is 2.24. The van der Waals surface area contributed by atoms with Gasteiger partial charge in [-0.2, -0.15) is 0 Å². The van der Waals surface area contributed by atoms with E-state index in [1.165, 1.54) is 12.1 Å². The van der Waals surface area contributed by atoms with Gasteiger partial charge in [-0.05, 0) is 42.5 Å². The maximum absolute atomic E-state index is 13.1. The third-order valence-electron chi connectivity index (χ3n) is 2.49. The Hall–Kier alpha value is -0.600. The lowest BCUT2D eigenvalue weighted by Crippen LogP contribution is -2.28. The lowest BCUT2D eigenvalue weighted by Gasteiger charge is -2.28. The molecule has 1 atom stereocenters. The summed E-state index contributed by atoms with van der Waals surface area (Å²) in [6, 6.07) is 4.52. The molecule has 1 aromatic rings. The smallest absolute Gasteiger partial charge is 0.123 e. The molecule has 0 saturated carbocycles. The summed E-state index contributed by atoms with van der Waals surface area (Å²) in [5.41, 5.74) is 6.39. The van der Waals surface area contributed by atoms with Gasteiger partial charge < -0.3 is 5.73 Å². The fraction of sp³-hybridized carbons (Fsp3) is 0.500. The highest BCUT2D eigenvalue weighted by Crippen LogP contribution is 2.33. The zero-order chi connectivity index (χ0) is 11.6. The minimum absolute atomic E-state index is 0.0688. The molecule has 1 nitrogen and oxygen atoms in total. The molecule has 0 heterocycles. The van der Waals surface area contributed by atoms with Crippen LogP contribution in [0.2, 0.25) is 5.02 Å². The summed E-state index contributed by atoms with van der Waals surface area (Å²) >= 11 is 6.06. The van der Waals surface area contributed by atoms with Gasteiger partial charge in [0.1, 0.15) is 5.82 Å². The van der Waals surface area contributed by atoms with Crippen molar-refractivity contribution in [3.8, 4) is 0 Å². The van der Waals surface area contributed by atoms with Crippen LogP contribution in [0.1, 0.15) is 32.8 Å². The SMILES string of the molecule is CC(N)CC(C)(C)c1cc(F)ccc1Cl. The molecule has 0 aromatic heterocycles. The second-order valence-electron chi connectivity index (χ2n) is 4.69. The number of benzene rings is 1.